The molecular weight excluding hydrogens is 386 g/mol. The monoisotopic (exact) mass is 415 g/mol. The number of anilines is 1. The van der Waals surface area contributed by atoms with Crippen molar-refractivity contribution >= 4 is 11.7 Å². The molecule has 2 amide bonds. The number of likely N-dealkylation sites (N-methyl/N-ethyl adjacent to an activating group) is 1. The molecule has 0 radical (unpaired) electrons. The average Bonchev–Trinajstić information content (AvgIpc) is 2.73. The molecule has 1 atom stereocenters. The first-order valence-electron chi connectivity index (χ1n) is 10.7. The number of hydrogen-bond donors (Lipinski definition) is 1. The Morgan fingerprint density at radius 2 is 1.68 bits per heavy atom. The zero-order valence-electron chi connectivity index (χ0n) is 18.3. The third kappa shape index (κ3) is 4.89. The molecule has 1 unspecified atom stereocenters. The van der Waals surface area contributed by atoms with Gasteiger partial charge in [-0.2, -0.15) is 0 Å². The van der Waals surface area contributed by atoms with E-state index in [1.807, 2.05) is 59.5 Å². The van der Waals surface area contributed by atoms with Crippen molar-refractivity contribution in [2.45, 2.75) is 25.9 Å². The van der Waals surface area contributed by atoms with Crippen molar-refractivity contribution in [1.29, 1.82) is 0 Å². The van der Waals surface area contributed by atoms with Crippen molar-refractivity contribution in [1.82, 2.24) is 9.80 Å². The average molecular weight is 416 g/mol. The third-order valence-corrected chi connectivity index (χ3v) is 6.04. The van der Waals surface area contributed by atoms with Gasteiger partial charge in [0.1, 0.15) is 11.5 Å². The predicted octanol–water partition coefficient (Wildman–Crippen LogP) is 5.70. The number of carbonyl (C=O) groups excluding carboxylic acids is 1. The highest BCUT2D eigenvalue weighted by Crippen LogP contribution is 2.28. The molecule has 0 spiro atoms. The van der Waals surface area contributed by atoms with Crippen molar-refractivity contribution in [3.05, 3.63) is 90.0 Å². The molecule has 5 heteroatoms. The Morgan fingerprint density at radius 3 is 2.42 bits per heavy atom. The summed E-state index contributed by atoms with van der Waals surface area (Å²) in [7, 11) is 2.14. The van der Waals surface area contributed by atoms with Gasteiger partial charge >= 0.3 is 6.03 Å². The van der Waals surface area contributed by atoms with Crippen molar-refractivity contribution in [3.8, 4) is 11.5 Å². The van der Waals surface area contributed by atoms with Crippen LogP contribution in [-0.2, 0) is 0 Å². The van der Waals surface area contributed by atoms with Gasteiger partial charge in [0.25, 0.3) is 0 Å². The number of amides is 2. The topological polar surface area (TPSA) is 44.8 Å². The first-order chi connectivity index (χ1) is 15.0. The normalized spacial score (nSPS) is 14.8. The molecule has 5 nitrogen and oxygen atoms in total. The highest BCUT2D eigenvalue weighted by Gasteiger charge is 2.35. The van der Waals surface area contributed by atoms with Gasteiger partial charge in [0.15, 0.2) is 0 Å². The smallest absolute Gasteiger partial charge is 0.321 e. The molecule has 1 aliphatic rings. The molecule has 0 saturated carbocycles. The molecule has 160 valence electrons. The Morgan fingerprint density at radius 1 is 1.00 bits per heavy atom. The van der Waals surface area contributed by atoms with Crippen LogP contribution in [0, 0.1) is 6.92 Å². The Kier molecular flexibility index (Phi) is 6.23. The van der Waals surface area contributed by atoms with E-state index in [0.29, 0.717) is 17.8 Å². The van der Waals surface area contributed by atoms with Gasteiger partial charge in [-0.15, -0.1) is 0 Å². The van der Waals surface area contributed by atoms with Gasteiger partial charge in [0.2, 0.25) is 0 Å². The molecule has 1 heterocycles. The Labute approximate surface area is 184 Å². The SMILES string of the molecule is Cc1ccccc1C(C)N(C)C1CN(C(=O)Nc2cccc(Oc3ccccc3)c2)C1. The van der Waals surface area contributed by atoms with Crippen LogP contribution in [0.3, 0.4) is 0 Å². The van der Waals surface area contributed by atoms with E-state index in [-0.39, 0.29) is 6.03 Å². The Hall–Kier alpha value is -3.31. The molecule has 1 aliphatic heterocycles. The van der Waals surface area contributed by atoms with E-state index in [9.17, 15) is 4.79 Å². The fourth-order valence-corrected chi connectivity index (χ4v) is 3.93. The fourth-order valence-electron chi connectivity index (χ4n) is 3.93. The van der Waals surface area contributed by atoms with Crippen molar-refractivity contribution < 1.29 is 9.53 Å². The molecule has 4 rings (SSSR count). The van der Waals surface area contributed by atoms with Crippen LogP contribution in [-0.4, -0.2) is 42.0 Å². The van der Waals surface area contributed by atoms with E-state index in [2.05, 4.69) is 55.4 Å². The van der Waals surface area contributed by atoms with Gasteiger partial charge in [-0.25, -0.2) is 4.79 Å². The minimum Gasteiger partial charge on any atom is -0.457 e. The van der Waals surface area contributed by atoms with E-state index in [1.165, 1.54) is 11.1 Å². The summed E-state index contributed by atoms with van der Waals surface area (Å²) in [4.78, 5) is 16.9. The molecule has 31 heavy (non-hydrogen) atoms. The third-order valence-electron chi connectivity index (χ3n) is 6.04. The quantitative estimate of drug-likeness (QED) is 0.562. The summed E-state index contributed by atoms with van der Waals surface area (Å²) in [6.07, 6.45) is 0. The van der Waals surface area contributed by atoms with Crippen molar-refractivity contribution in [2.24, 2.45) is 0 Å². The van der Waals surface area contributed by atoms with Crippen LogP contribution >= 0.6 is 0 Å². The zero-order valence-corrected chi connectivity index (χ0v) is 18.3. The molecule has 0 aliphatic carbocycles. The van der Waals surface area contributed by atoms with Gasteiger partial charge in [-0.3, -0.25) is 4.90 Å². The van der Waals surface area contributed by atoms with E-state index < -0.39 is 0 Å². The van der Waals surface area contributed by atoms with Crippen LogP contribution < -0.4 is 10.1 Å². The maximum Gasteiger partial charge on any atom is 0.321 e. The maximum absolute atomic E-state index is 12.7. The zero-order chi connectivity index (χ0) is 21.8. The van der Waals surface area contributed by atoms with Crippen LogP contribution in [0.4, 0.5) is 10.5 Å². The van der Waals surface area contributed by atoms with Crippen LogP contribution in [0.15, 0.2) is 78.9 Å². The largest absolute Gasteiger partial charge is 0.457 e. The molecule has 0 bridgehead atoms. The number of hydrogen-bond acceptors (Lipinski definition) is 3. The number of benzene rings is 3. The van der Waals surface area contributed by atoms with Crippen LogP contribution in [0.5, 0.6) is 11.5 Å². The van der Waals surface area contributed by atoms with Crippen LogP contribution in [0.2, 0.25) is 0 Å². The lowest BCUT2D eigenvalue weighted by Gasteiger charge is -2.46. The summed E-state index contributed by atoms with van der Waals surface area (Å²) in [5.74, 6) is 1.46. The molecule has 3 aromatic carbocycles. The fraction of sp³-hybridized carbons (Fsp3) is 0.269. The van der Waals surface area contributed by atoms with Crippen LogP contribution in [0.25, 0.3) is 0 Å². The number of rotatable bonds is 6. The summed E-state index contributed by atoms with van der Waals surface area (Å²) in [6.45, 7) is 5.82. The first kappa shape index (κ1) is 20.9. The number of nitrogens with one attached hydrogen (secondary N) is 1. The van der Waals surface area contributed by atoms with E-state index >= 15 is 0 Å². The molecule has 1 fully saturated rings. The predicted molar refractivity (Wildman–Crippen MR) is 125 cm³/mol. The first-order valence-corrected chi connectivity index (χ1v) is 10.7. The number of nitrogens with zero attached hydrogens (tertiary/aromatic N) is 2. The van der Waals surface area contributed by atoms with Gasteiger partial charge in [0, 0.05) is 36.9 Å². The standard InChI is InChI=1S/C26H29N3O2/c1-19-10-7-8-15-25(19)20(2)28(3)22-17-29(18-22)26(30)27-21-11-9-14-24(16-21)31-23-12-5-4-6-13-23/h4-16,20,22H,17-18H2,1-3H3,(H,27,30). The summed E-state index contributed by atoms with van der Waals surface area (Å²) in [6, 6.07) is 26.2. The summed E-state index contributed by atoms with van der Waals surface area (Å²) >= 11 is 0. The second-order valence-corrected chi connectivity index (χ2v) is 8.13. The van der Waals surface area contributed by atoms with Crippen molar-refractivity contribution in [2.75, 3.05) is 25.5 Å². The van der Waals surface area contributed by atoms with E-state index in [0.717, 1.165) is 24.5 Å². The number of ether oxygens (including phenoxy) is 1. The summed E-state index contributed by atoms with van der Waals surface area (Å²) < 4.78 is 5.86. The number of para-hydroxylation sites is 1. The molecule has 0 aromatic heterocycles. The maximum atomic E-state index is 12.7. The highest BCUT2D eigenvalue weighted by atomic mass is 16.5. The second-order valence-electron chi connectivity index (χ2n) is 8.13. The van der Waals surface area contributed by atoms with Gasteiger partial charge in [0.05, 0.1) is 0 Å². The highest BCUT2D eigenvalue weighted by molar-refractivity contribution is 5.90. The Balaban J connectivity index is 1.31. The van der Waals surface area contributed by atoms with Crippen molar-refractivity contribution in [3.63, 3.8) is 0 Å². The number of likely N-dealkylation sites (tertiary alicyclic amines) is 1. The minimum absolute atomic E-state index is 0.0787. The van der Waals surface area contributed by atoms with Crippen LogP contribution in [0.1, 0.15) is 24.1 Å². The molecule has 1 N–H and O–H groups in total. The Bertz CT molecular complexity index is 1030. The van der Waals surface area contributed by atoms with E-state index in [4.69, 9.17) is 4.74 Å². The molecule has 3 aromatic rings. The lowest BCUT2D eigenvalue weighted by molar-refractivity contribution is 0.0558. The minimum atomic E-state index is -0.0787. The van der Waals surface area contributed by atoms with E-state index in [1.54, 1.807) is 0 Å². The molecular formula is C26H29N3O2. The molecule has 1 saturated heterocycles. The van der Waals surface area contributed by atoms with Gasteiger partial charge in [-0.05, 0) is 56.3 Å². The van der Waals surface area contributed by atoms with Gasteiger partial charge < -0.3 is 15.0 Å². The van der Waals surface area contributed by atoms with Gasteiger partial charge in [-0.1, -0.05) is 48.5 Å². The number of carbonyl (C=O) groups is 1. The second kappa shape index (κ2) is 9.23. The summed E-state index contributed by atoms with van der Waals surface area (Å²) in [5, 5.41) is 2.99. The number of aryl methyl sites for hydroxylation is 1. The lowest BCUT2D eigenvalue weighted by atomic mass is 9.98. The number of urea groups is 1. The summed E-state index contributed by atoms with van der Waals surface area (Å²) in [5.41, 5.74) is 3.36. The lowest BCUT2D eigenvalue weighted by Crippen LogP contribution is -2.61.